The SMILES string of the molecule is Fc1c(F)c(F)c([B-](c2c(F)c(F)c(F)c(F)c2F)(c2c(F)c(F)c(F)c(F)c2F)c2c(F)c(F)c(F)c(F)c2F)c(F)c1F.O=C(C[P+](c1ccccc1)(c1ccccc1)c1ccccc1)c1c2ccccc2cc2cc3ccccc3cc12. The van der Waals surface area contributed by atoms with Crippen LogP contribution < -0.4 is 37.8 Å². The molecule has 0 spiro atoms. The Hall–Kier alpha value is -9.04. The van der Waals surface area contributed by atoms with Gasteiger partial charge in [0.2, 0.25) is 5.78 Å². The third kappa shape index (κ3) is 9.23. The highest BCUT2D eigenvalue weighted by Gasteiger charge is 2.53. The lowest BCUT2D eigenvalue weighted by Gasteiger charge is -2.44. The summed E-state index contributed by atoms with van der Waals surface area (Å²) in [7, 11) is -2.33. The Morgan fingerprint density at radius 1 is 0.271 bits per heavy atom. The van der Waals surface area contributed by atoms with E-state index < -0.39 is 152 Å². The molecule has 0 aromatic heterocycles. The number of hydrogen-bond donors (Lipinski definition) is 0. The van der Waals surface area contributed by atoms with E-state index in [-0.39, 0.29) is 5.78 Å². The van der Waals surface area contributed by atoms with Crippen LogP contribution in [0.4, 0.5) is 87.8 Å². The van der Waals surface area contributed by atoms with Gasteiger partial charge >= 0.3 is 0 Å². The maximum Gasteiger partial charge on any atom is 0.202 e. The molecule has 85 heavy (non-hydrogen) atoms. The van der Waals surface area contributed by atoms with Crippen molar-refractivity contribution < 1.29 is 92.6 Å². The number of carbonyl (C=O) groups excluding carboxylic acids is 1. The molecule has 23 heteroatoms. The summed E-state index contributed by atoms with van der Waals surface area (Å²) in [5.74, 6) is -71.2. The molecule has 0 saturated heterocycles. The molecule has 0 atom stereocenters. The van der Waals surface area contributed by atoms with Gasteiger partial charge in [-0.3, -0.25) is 4.79 Å². The van der Waals surface area contributed by atoms with Gasteiger partial charge in [0.05, 0.1) is 0 Å². The predicted molar refractivity (Wildman–Crippen MR) is 283 cm³/mol. The Balaban J connectivity index is 0.000000190. The molecule has 1 nitrogen and oxygen atoms in total. The molecule has 11 aromatic rings. The molecule has 0 unspecified atom stereocenters. The second-order valence-corrected chi connectivity index (χ2v) is 22.6. The lowest BCUT2D eigenvalue weighted by molar-refractivity contribution is 0.102. The standard InChI is InChI=1S/C38H28OP.C24BF20/c39-37(38-35-23-13-12-16-30(35)25-31-24-28-14-10-11-15-29(28)26-36(31)38)27-40(32-17-4-1-5-18-32,33-19-6-2-7-20-33)34-21-8-3-9-22-34;26-5-1(6(27)14(35)21(42)13(5)34)25(2-7(28)15(36)22(43)16(37)8(2)29,3-9(30)17(38)23(44)18(39)10(3)31)4-11(32)19(40)24(45)20(41)12(4)33/h1-26H,27H2;/q+1;-1. The van der Waals surface area contributed by atoms with Crippen molar-refractivity contribution in [2.45, 2.75) is 0 Å². The molecule has 430 valence electrons. The van der Waals surface area contributed by atoms with E-state index in [9.17, 15) is 57.5 Å². The van der Waals surface area contributed by atoms with Gasteiger partial charge in [-0.25, -0.2) is 87.8 Å². The second-order valence-electron chi connectivity index (χ2n) is 19.1. The Morgan fingerprint density at radius 2 is 0.518 bits per heavy atom. The lowest BCUT2D eigenvalue weighted by Crippen LogP contribution is -2.81. The second kappa shape index (κ2) is 22.5. The molecule has 0 heterocycles. The smallest absolute Gasteiger partial charge is 0.202 e. The number of Topliss-reactive ketones (excluding diaryl/α,β-unsaturated/α-hetero) is 1. The van der Waals surface area contributed by atoms with Crippen LogP contribution in [0, 0.1) is 116 Å². The topological polar surface area (TPSA) is 17.1 Å². The fourth-order valence-corrected chi connectivity index (χ4v) is 15.1. The summed E-state index contributed by atoms with van der Waals surface area (Å²) >= 11 is 0. The van der Waals surface area contributed by atoms with Crippen molar-refractivity contribution in [3.05, 3.63) is 280 Å². The van der Waals surface area contributed by atoms with E-state index in [1.807, 2.05) is 6.07 Å². The van der Waals surface area contributed by atoms with Crippen LogP contribution in [0.25, 0.3) is 32.3 Å². The van der Waals surface area contributed by atoms with E-state index in [1.165, 1.54) is 21.3 Å². The minimum atomic E-state index is -7.22. The van der Waals surface area contributed by atoms with Gasteiger partial charge in [0.1, 0.15) is 82.0 Å². The van der Waals surface area contributed by atoms with Crippen LogP contribution in [-0.2, 0) is 0 Å². The molecule has 0 fully saturated rings. The molecule has 0 saturated carbocycles. The minimum absolute atomic E-state index is 0.182. The highest BCUT2D eigenvalue weighted by molar-refractivity contribution is 7.96. The van der Waals surface area contributed by atoms with Crippen molar-refractivity contribution in [1.29, 1.82) is 0 Å². The molecule has 0 N–H and O–H groups in total. The van der Waals surface area contributed by atoms with Crippen LogP contribution in [0.1, 0.15) is 10.4 Å². The lowest BCUT2D eigenvalue weighted by atomic mass is 9.12. The minimum Gasteiger partial charge on any atom is -0.290 e. The number of rotatable bonds is 10. The van der Waals surface area contributed by atoms with Gasteiger partial charge in [0.25, 0.3) is 0 Å². The van der Waals surface area contributed by atoms with E-state index in [2.05, 4.69) is 152 Å². The maximum absolute atomic E-state index is 15.4. The van der Waals surface area contributed by atoms with Crippen molar-refractivity contribution in [2.75, 3.05) is 6.16 Å². The van der Waals surface area contributed by atoms with Crippen LogP contribution in [0.2, 0.25) is 0 Å². The summed E-state index contributed by atoms with van der Waals surface area (Å²) in [4.78, 5) is 15.0. The Labute approximate surface area is 466 Å². The number of carbonyl (C=O) groups is 1. The normalized spacial score (nSPS) is 11.9. The predicted octanol–water partition coefficient (Wildman–Crippen LogP) is 14.2. The number of hydrogen-bond acceptors (Lipinski definition) is 1. The van der Waals surface area contributed by atoms with E-state index in [4.69, 9.17) is 0 Å². The summed E-state index contributed by atoms with van der Waals surface area (Å²) in [6.07, 6.45) is -6.80. The van der Waals surface area contributed by atoms with Gasteiger partial charge in [0.15, 0.2) is 69.8 Å². The molecule has 0 amide bonds. The largest absolute Gasteiger partial charge is 0.290 e. The maximum atomic E-state index is 15.4. The molecule has 0 radical (unpaired) electrons. The third-order valence-electron chi connectivity index (χ3n) is 14.7. The molecular formula is C62H28BF20OP. The first-order valence-electron chi connectivity index (χ1n) is 24.6. The first kappa shape index (κ1) is 59.1. The highest BCUT2D eigenvalue weighted by atomic mass is 31.2. The van der Waals surface area contributed by atoms with Crippen LogP contribution >= 0.6 is 7.26 Å². The first-order chi connectivity index (χ1) is 40.4. The summed E-state index contributed by atoms with van der Waals surface area (Å²) in [6.45, 7) is 0. The molecule has 0 bridgehead atoms. The quantitative estimate of drug-likeness (QED) is 0.0254. The number of fused-ring (bicyclic) bond motifs is 3. The van der Waals surface area contributed by atoms with Gasteiger partial charge in [-0.2, -0.15) is 0 Å². The molecule has 11 rings (SSSR count). The monoisotopic (exact) mass is 1210 g/mol. The summed E-state index contributed by atoms with van der Waals surface area (Å²) in [5.41, 5.74) is -13.5. The van der Waals surface area contributed by atoms with Gasteiger partial charge in [-0.15, -0.1) is 21.9 Å². The Bertz CT molecular complexity index is 4050. The molecular weight excluding hydrogens is 1180 g/mol. The van der Waals surface area contributed by atoms with Crippen molar-refractivity contribution in [3.8, 4) is 0 Å². The first-order valence-corrected chi connectivity index (χ1v) is 26.6. The third-order valence-corrected chi connectivity index (χ3v) is 19.0. The average Bonchev–Trinajstić information content (AvgIpc) is 0.758. The van der Waals surface area contributed by atoms with Crippen LogP contribution in [0.3, 0.4) is 0 Å². The summed E-state index contributed by atoms with van der Waals surface area (Å²) in [6, 6.07) is 55.3. The summed E-state index contributed by atoms with van der Waals surface area (Å²) in [5, 5.41) is 10.2. The van der Waals surface area contributed by atoms with Gasteiger partial charge in [0, 0.05) is 5.56 Å². The number of ketones is 1. The summed E-state index contributed by atoms with van der Waals surface area (Å²) < 4.78 is 294. The Morgan fingerprint density at radius 3 is 0.835 bits per heavy atom. The fraction of sp³-hybridized carbons (Fsp3) is 0.0161. The zero-order valence-corrected chi connectivity index (χ0v) is 43.1. The molecule has 0 aliphatic heterocycles. The zero-order valence-electron chi connectivity index (χ0n) is 42.2. The van der Waals surface area contributed by atoms with E-state index >= 15 is 35.1 Å². The van der Waals surface area contributed by atoms with Gasteiger partial charge < -0.3 is 0 Å². The van der Waals surface area contributed by atoms with Crippen molar-refractivity contribution in [2.24, 2.45) is 0 Å². The van der Waals surface area contributed by atoms with Crippen LogP contribution in [0.5, 0.6) is 0 Å². The molecule has 0 aliphatic rings. The van der Waals surface area contributed by atoms with Crippen molar-refractivity contribution >= 4 is 89.3 Å². The van der Waals surface area contributed by atoms with E-state index in [1.54, 1.807) is 0 Å². The fourth-order valence-electron chi connectivity index (χ4n) is 11.0. The number of benzene rings is 11. The Kier molecular flexibility index (Phi) is 15.7. The van der Waals surface area contributed by atoms with Crippen molar-refractivity contribution in [1.82, 2.24) is 0 Å². The van der Waals surface area contributed by atoms with Crippen molar-refractivity contribution in [3.63, 3.8) is 0 Å². The molecule has 11 aromatic carbocycles. The molecule has 0 aliphatic carbocycles. The van der Waals surface area contributed by atoms with E-state index in [0.29, 0.717) is 6.16 Å². The van der Waals surface area contributed by atoms with Gasteiger partial charge in [-0.05, 0) is 86.9 Å². The van der Waals surface area contributed by atoms with E-state index in [0.717, 1.165) is 32.5 Å². The van der Waals surface area contributed by atoms with Crippen LogP contribution in [-0.4, -0.2) is 18.1 Å². The zero-order chi connectivity index (χ0) is 61.3. The average molecular weight is 1210 g/mol. The highest BCUT2D eigenvalue weighted by Crippen LogP contribution is 2.56. The van der Waals surface area contributed by atoms with Gasteiger partial charge in [-0.1, -0.05) is 103 Å². The number of halogens is 20. The van der Waals surface area contributed by atoms with Crippen LogP contribution in [0.15, 0.2) is 158 Å².